The maximum absolute atomic E-state index is 13.3. The van der Waals surface area contributed by atoms with Gasteiger partial charge in [-0.25, -0.2) is 14.4 Å². The molecule has 3 rings (SSSR count). The summed E-state index contributed by atoms with van der Waals surface area (Å²) in [5, 5.41) is 4.46. The minimum Gasteiger partial charge on any atom is -0.383 e. The molecule has 1 amide bonds. The Kier molecular flexibility index (Phi) is 6.95. The summed E-state index contributed by atoms with van der Waals surface area (Å²) in [6, 6.07) is 12.2. The Morgan fingerprint density at radius 3 is 2.68 bits per heavy atom. The Morgan fingerprint density at radius 2 is 1.96 bits per heavy atom. The van der Waals surface area contributed by atoms with Crippen LogP contribution in [0, 0.1) is 5.82 Å². The Morgan fingerprint density at radius 1 is 1.18 bits per heavy atom. The lowest BCUT2D eigenvalue weighted by Crippen LogP contribution is -2.28. The summed E-state index contributed by atoms with van der Waals surface area (Å²) in [7, 11) is 1.59. The van der Waals surface area contributed by atoms with E-state index < -0.39 is 0 Å². The minimum absolute atomic E-state index is 0.0798. The van der Waals surface area contributed by atoms with Gasteiger partial charge >= 0.3 is 0 Å². The number of nitrogens with one attached hydrogen (secondary N) is 1. The van der Waals surface area contributed by atoms with Crippen molar-refractivity contribution in [3.8, 4) is 11.4 Å². The van der Waals surface area contributed by atoms with Gasteiger partial charge in [-0.2, -0.15) is 0 Å². The molecule has 0 radical (unpaired) electrons. The number of aromatic nitrogens is 2. The molecular weight excluding hydrogens is 377 g/mol. The lowest BCUT2D eigenvalue weighted by Gasteiger charge is -2.10. The fourth-order valence-corrected chi connectivity index (χ4v) is 3.52. The van der Waals surface area contributed by atoms with Crippen LogP contribution in [0.1, 0.15) is 12.5 Å². The number of aryl methyl sites for hydroxylation is 1. The standard InChI is InChI=1S/C21H22FN3O2S/c1-3-14-4-9-18-17(12-14)21(28-13-19(26)23-10-11-27-2)25-20(24-18)15-5-7-16(22)8-6-15/h4-9,12H,3,10-11,13H2,1-2H3,(H,23,26). The van der Waals surface area contributed by atoms with E-state index in [2.05, 4.69) is 28.3 Å². The van der Waals surface area contributed by atoms with E-state index in [0.29, 0.717) is 19.0 Å². The van der Waals surface area contributed by atoms with Crippen LogP contribution in [0.3, 0.4) is 0 Å². The van der Waals surface area contributed by atoms with Crippen molar-refractivity contribution in [1.82, 2.24) is 15.3 Å². The number of benzene rings is 2. The predicted octanol–water partition coefficient (Wildman–Crippen LogP) is 3.85. The maximum atomic E-state index is 13.3. The lowest BCUT2D eigenvalue weighted by molar-refractivity contribution is -0.118. The van der Waals surface area contributed by atoms with Crippen LogP contribution in [0.15, 0.2) is 47.5 Å². The number of methoxy groups -OCH3 is 1. The number of thioether (sulfide) groups is 1. The van der Waals surface area contributed by atoms with E-state index in [-0.39, 0.29) is 17.5 Å². The van der Waals surface area contributed by atoms with E-state index in [0.717, 1.165) is 27.9 Å². The Balaban J connectivity index is 1.92. The summed E-state index contributed by atoms with van der Waals surface area (Å²) in [6.45, 7) is 3.04. The van der Waals surface area contributed by atoms with Gasteiger partial charge in [-0.3, -0.25) is 4.79 Å². The van der Waals surface area contributed by atoms with Crippen molar-refractivity contribution in [3.63, 3.8) is 0 Å². The van der Waals surface area contributed by atoms with Gasteiger partial charge < -0.3 is 10.1 Å². The van der Waals surface area contributed by atoms with Gasteiger partial charge in [0.2, 0.25) is 5.91 Å². The third-order valence-electron chi connectivity index (χ3n) is 4.20. The van der Waals surface area contributed by atoms with Gasteiger partial charge in [-0.05, 0) is 48.4 Å². The minimum atomic E-state index is -0.306. The molecule has 0 atom stereocenters. The van der Waals surface area contributed by atoms with Crippen molar-refractivity contribution in [2.45, 2.75) is 18.4 Å². The van der Waals surface area contributed by atoms with Crippen LogP contribution >= 0.6 is 11.8 Å². The SMILES string of the molecule is CCc1ccc2nc(-c3ccc(F)cc3)nc(SCC(=O)NCCOC)c2c1. The van der Waals surface area contributed by atoms with Gasteiger partial charge in [0, 0.05) is 24.6 Å². The Bertz CT molecular complexity index is 964. The number of carbonyl (C=O) groups excluding carboxylic acids is 1. The second kappa shape index (κ2) is 9.61. The van der Waals surface area contributed by atoms with E-state index in [1.165, 1.54) is 29.5 Å². The zero-order chi connectivity index (χ0) is 19.9. The molecule has 0 saturated carbocycles. The highest BCUT2D eigenvalue weighted by molar-refractivity contribution is 8.00. The normalized spacial score (nSPS) is 11.0. The molecule has 0 spiro atoms. The number of halogens is 1. The number of ether oxygens (including phenoxy) is 1. The summed E-state index contributed by atoms with van der Waals surface area (Å²) >= 11 is 1.37. The van der Waals surface area contributed by atoms with Crippen molar-refractivity contribution in [2.75, 3.05) is 26.0 Å². The third-order valence-corrected chi connectivity index (χ3v) is 5.20. The van der Waals surface area contributed by atoms with E-state index in [1.807, 2.05) is 12.1 Å². The van der Waals surface area contributed by atoms with Crippen molar-refractivity contribution in [2.24, 2.45) is 0 Å². The van der Waals surface area contributed by atoms with E-state index >= 15 is 0 Å². The van der Waals surface area contributed by atoms with Crippen LogP contribution in [0.2, 0.25) is 0 Å². The van der Waals surface area contributed by atoms with Crippen LogP contribution in [0.5, 0.6) is 0 Å². The molecule has 146 valence electrons. The first kappa shape index (κ1) is 20.2. The molecule has 5 nitrogen and oxygen atoms in total. The molecule has 0 bridgehead atoms. The highest BCUT2D eigenvalue weighted by Crippen LogP contribution is 2.29. The monoisotopic (exact) mass is 399 g/mol. The first-order chi connectivity index (χ1) is 13.6. The van der Waals surface area contributed by atoms with Crippen molar-refractivity contribution >= 4 is 28.6 Å². The quantitative estimate of drug-likeness (QED) is 0.354. The average molecular weight is 399 g/mol. The van der Waals surface area contributed by atoms with Crippen LogP contribution in [0.4, 0.5) is 4.39 Å². The first-order valence-electron chi connectivity index (χ1n) is 9.05. The zero-order valence-corrected chi connectivity index (χ0v) is 16.7. The van der Waals surface area contributed by atoms with Crippen molar-refractivity contribution < 1.29 is 13.9 Å². The number of carbonyl (C=O) groups is 1. The van der Waals surface area contributed by atoms with Gasteiger partial charge in [-0.15, -0.1) is 0 Å². The zero-order valence-electron chi connectivity index (χ0n) is 15.9. The summed E-state index contributed by atoms with van der Waals surface area (Å²) < 4.78 is 18.2. The number of fused-ring (bicyclic) bond motifs is 1. The fourth-order valence-electron chi connectivity index (χ4n) is 2.68. The highest BCUT2D eigenvalue weighted by atomic mass is 32.2. The van der Waals surface area contributed by atoms with Crippen LogP contribution in [0.25, 0.3) is 22.3 Å². The maximum Gasteiger partial charge on any atom is 0.230 e. The number of nitrogens with zero attached hydrogens (tertiary/aromatic N) is 2. The van der Waals surface area contributed by atoms with Crippen molar-refractivity contribution in [1.29, 1.82) is 0 Å². The summed E-state index contributed by atoms with van der Waals surface area (Å²) in [6.07, 6.45) is 0.900. The molecule has 0 unspecified atom stereocenters. The fraction of sp³-hybridized carbons (Fsp3) is 0.286. The van der Waals surface area contributed by atoms with Gasteiger partial charge in [-0.1, -0.05) is 24.8 Å². The Labute approximate surface area is 167 Å². The molecule has 2 aromatic carbocycles. The number of hydrogen-bond donors (Lipinski definition) is 1. The second-order valence-electron chi connectivity index (χ2n) is 6.20. The molecule has 7 heteroatoms. The molecular formula is C21H22FN3O2S. The molecule has 1 N–H and O–H groups in total. The molecule has 0 aliphatic carbocycles. The molecule has 1 heterocycles. The molecule has 0 aliphatic rings. The molecule has 1 aromatic heterocycles. The van der Waals surface area contributed by atoms with Gasteiger partial charge in [0.05, 0.1) is 17.9 Å². The molecule has 3 aromatic rings. The second-order valence-corrected chi connectivity index (χ2v) is 7.16. The van der Waals surface area contributed by atoms with Gasteiger partial charge in [0.1, 0.15) is 10.8 Å². The van der Waals surface area contributed by atoms with E-state index in [9.17, 15) is 9.18 Å². The van der Waals surface area contributed by atoms with Crippen LogP contribution in [-0.4, -0.2) is 41.9 Å². The summed E-state index contributed by atoms with van der Waals surface area (Å²) in [5.74, 6) is 0.372. The lowest BCUT2D eigenvalue weighted by atomic mass is 10.1. The van der Waals surface area contributed by atoms with Crippen LogP contribution in [-0.2, 0) is 16.0 Å². The summed E-state index contributed by atoms with van der Waals surface area (Å²) in [4.78, 5) is 21.4. The highest BCUT2D eigenvalue weighted by Gasteiger charge is 2.13. The number of amides is 1. The third kappa shape index (κ3) is 5.05. The number of hydrogen-bond acceptors (Lipinski definition) is 5. The summed E-state index contributed by atoms with van der Waals surface area (Å²) in [5.41, 5.74) is 2.71. The van der Waals surface area contributed by atoms with Crippen molar-refractivity contribution in [3.05, 3.63) is 53.8 Å². The van der Waals surface area contributed by atoms with E-state index in [4.69, 9.17) is 4.74 Å². The molecule has 0 saturated heterocycles. The van der Waals surface area contributed by atoms with Crippen LogP contribution < -0.4 is 5.32 Å². The average Bonchev–Trinajstić information content (AvgIpc) is 2.72. The number of rotatable bonds is 8. The molecule has 28 heavy (non-hydrogen) atoms. The smallest absolute Gasteiger partial charge is 0.230 e. The van der Waals surface area contributed by atoms with Gasteiger partial charge in [0.15, 0.2) is 5.82 Å². The first-order valence-corrected chi connectivity index (χ1v) is 10.0. The molecule has 0 aliphatic heterocycles. The largest absolute Gasteiger partial charge is 0.383 e. The van der Waals surface area contributed by atoms with Gasteiger partial charge in [0.25, 0.3) is 0 Å². The Hall–Kier alpha value is -2.51. The predicted molar refractivity (Wildman–Crippen MR) is 110 cm³/mol. The molecule has 0 fully saturated rings. The van der Waals surface area contributed by atoms with E-state index in [1.54, 1.807) is 19.2 Å². The topological polar surface area (TPSA) is 64.1 Å².